The van der Waals surface area contributed by atoms with Crippen LogP contribution in [-0.4, -0.2) is 5.11 Å². The first-order chi connectivity index (χ1) is 8.50. The Morgan fingerprint density at radius 3 is 2.56 bits per heavy atom. The maximum atomic E-state index is 13.8. The molecular formula is C15H14BrFO. The fourth-order valence-electron chi connectivity index (χ4n) is 1.96. The van der Waals surface area contributed by atoms with Gasteiger partial charge in [-0.05, 0) is 37.1 Å². The van der Waals surface area contributed by atoms with Crippen LogP contribution in [0.2, 0.25) is 0 Å². The predicted octanol–water partition coefficient (Wildman–Crippen LogP) is 4.29. The first kappa shape index (κ1) is 13.2. The van der Waals surface area contributed by atoms with Crippen molar-refractivity contribution < 1.29 is 9.50 Å². The molecule has 1 nitrogen and oxygen atoms in total. The Hall–Kier alpha value is -1.19. The van der Waals surface area contributed by atoms with Crippen molar-refractivity contribution in [2.24, 2.45) is 0 Å². The summed E-state index contributed by atoms with van der Waals surface area (Å²) in [4.78, 5) is 0. The Kier molecular flexibility index (Phi) is 3.83. The third-order valence-electron chi connectivity index (χ3n) is 3.05. The van der Waals surface area contributed by atoms with Crippen LogP contribution in [0, 0.1) is 19.7 Å². The highest BCUT2D eigenvalue weighted by molar-refractivity contribution is 9.10. The molecule has 0 heterocycles. The maximum Gasteiger partial charge on any atom is 0.129 e. The zero-order valence-electron chi connectivity index (χ0n) is 10.2. The van der Waals surface area contributed by atoms with Gasteiger partial charge in [-0.1, -0.05) is 45.8 Å². The number of hydrogen-bond acceptors (Lipinski definition) is 1. The number of rotatable bonds is 2. The average molecular weight is 309 g/mol. The number of aryl methyl sites for hydroxylation is 1. The molecule has 2 aromatic rings. The van der Waals surface area contributed by atoms with Crippen LogP contribution >= 0.6 is 15.9 Å². The van der Waals surface area contributed by atoms with Gasteiger partial charge in [0.15, 0.2) is 0 Å². The maximum absolute atomic E-state index is 13.8. The lowest BCUT2D eigenvalue weighted by Crippen LogP contribution is -2.05. The van der Waals surface area contributed by atoms with E-state index in [4.69, 9.17) is 0 Å². The molecule has 1 unspecified atom stereocenters. The Labute approximate surface area is 114 Å². The average Bonchev–Trinajstić information content (AvgIpc) is 2.35. The van der Waals surface area contributed by atoms with E-state index in [9.17, 15) is 9.50 Å². The third-order valence-corrected chi connectivity index (χ3v) is 3.91. The molecular weight excluding hydrogens is 295 g/mol. The molecule has 0 aliphatic rings. The van der Waals surface area contributed by atoms with E-state index in [0.717, 1.165) is 15.6 Å². The molecule has 0 fully saturated rings. The Morgan fingerprint density at radius 1 is 1.11 bits per heavy atom. The Morgan fingerprint density at radius 2 is 1.83 bits per heavy atom. The summed E-state index contributed by atoms with van der Waals surface area (Å²) in [6.45, 7) is 3.78. The van der Waals surface area contributed by atoms with Crippen molar-refractivity contribution in [1.29, 1.82) is 0 Å². The van der Waals surface area contributed by atoms with Gasteiger partial charge in [0.25, 0.3) is 0 Å². The lowest BCUT2D eigenvalue weighted by molar-refractivity contribution is 0.214. The number of aliphatic hydroxyl groups is 1. The van der Waals surface area contributed by atoms with Crippen LogP contribution in [0.4, 0.5) is 4.39 Å². The number of halogens is 2. The van der Waals surface area contributed by atoms with E-state index in [-0.39, 0.29) is 5.82 Å². The number of hydrogen-bond donors (Lipinski definition) is 1. The van der Waals surface area contributed by atoms with E-state index >= 15 is 0 Å². The molecule has 0 aliphatic carbocycles. The standard InChI is InChI=1S/C15H14BrFO/c1-9-6-7-14(17)12(8-9)15(18)11-4-3-5-13(16)10(11)2/h3-8,15,18H,1-2H3. The summed E-state index contributed by atoms with van der Waals surface area (Å²) < 4.78 is 14.7. The monoisotopic (exact) mass is 308 g/mol. The molecule has 3 heteroatoms. The van der Waals surface area contributed by atoms with E-state index in [1.807, 2.05) is 32.0 Å². The van der Waals surface area contributed by atoms with Gasteiger partial charge < -0.3 is 5.11 Å². The summed E-state index contributed by atoms with van der Waals surface area (Å²) in [5.74, 6) is -0.382. The van der Waals surface area contributed by atoms with Crippen molar-refractivity contribution in [1.82, 2.24) is 0 Å². The highest BCUT2D eigenvalue weighted by atomic mass is 79.9. The Bertz CT molecular complexity index is 579. The molecule has 0 aliphatic heterocycles. The van der Waals surface area contributed by atoms with Gasteiger partial charge in [0.05, 0.1) is 0 Å². The van der Waals surface area contributed by atoms with Crippen LogP contribution in [0.5, 0.6) is 0 Å². The van der Waals surface area contributed by atoms with Crippen LogP contribution in [0.15, 0.2) is 40.9 Å². The lowest BCUT2D eigenvalue weighted by Gasteiger charge is -2.16. The molecule has 1 N–H and O–H groups in total. The van der Waals surface area contributed by atoms with Crippen LogP contribution in [0.1, 0.15) is 28.4 Å². The molecule has 2 aromatic carbocycles. The molecule has 0 saturated carbocycles. The summed E-state index contributed by atoms with van der Waals surface area (Å²) in [7, 11) is 0. The van der Waals surface area contributed by atoms with Gasteiger partial charge in [-0.2, -0.15) is 0 Å². The molecule has 1 atom stereocenters. The summed E-state index contributed by atoms with van der Waals surface area (Å²) in [5.41, 5.74) is 2.88. The van der Waals surface area contributed by atoms with Crippen LogP contribution in [-0.2, 0) is 0 Å². The fraction of sp³-hybridized carbons (Fsp3) is 0.200. The number of benzene rings is 2. The molecule has 18 heavy (non-hydrogen) atoms. The normalized spacial score (nSPS) is 12.5. The van der Waals surface area contributed by atoms with E-state index in [1.165, 1.54) is 6.07 Å². The first-order valence-electron chi connectivity index (χ1n) is 5.70. The second-order valence-corrected chi connectivity index (χ2v) is 5.24. The summed E-state index contributed by atoms with van der Waals surface area (Å²) >= 11 is 3.42. The van der Waals surface area contributed by atoms with Crippen LogP contribution in [0.25, 0.3) is 0 Å². The van der Waals surface area contributed by atoms with Crippen molar-refractivity contribution in [3.05, 3.63) is 68.9 Å². The second-order valence-electron chi connectivity index (χ2n) is 4.38. The minimum absolute atomic E-state index is 0.316. The van der Waals surface area contributed by atoms with Crippen molar-refractivity contribution in [2.45, 2.75) is 20.0 Å². The smallest absolute Gasteiger partial charge is 0.129 e. The van der Waals surface area contributed by atoms with Gasteiger partial charge in [-0.3, -0.25) is 0 Å². The van der Waals surface area contributed by atoms with E-state index in [2.05, 4.69) is 15.9 Å². The molecule has 0 saturated heterocycles. The van der Waals surface area contributed by atoms with Crippen molar-refractivity contribution >= 4 is 15.9 Å². The molecule has 2 rings (SSSR count). The zero-order chi connectivity index (χ0) is 13.3. The van der Waals surface area contributed by atoms with Gasteiger partial charge in [0.1, 0.15) is 11.9 Å². The molecule has 0 amide bonds. The highest BCUT2D eigenvalue weighted by Crippen LogP contribution is 2.30. The SMILES string of the molecule is Cc1ccc(F)c(C(O)c2cccc(Br)c2C)c1. The summed E-state index contributed by atoms with van der Waals surface area (Å²) in [6.07, 6.45) is -0.942. The van der Waals surface area contributed by atoms with Gasteiger partial charge in [-0.15, -0.1) is 0 Å². The van der Waals surface area contributed by atoms with Gasteiger partial charge in [0, 0.05) is 10.0 Å². The molecule has 0 radical (unpaired) electrons. The van der Waals surface area contributed by atoms with E-state index in [1.54, 1.807) is 12.1 Å². The zero-order valence-corrected chi connectivity index (χ0v) is 11.8. The van der Waals surface area contributed by atoms with Gasteiger partial charge in [-0.25, -0.2) is 4.39 Å². The summed E-state index contributed by atoms with van der Waals surface area (Å²) in [6, 6.07) is 10.3. The molecule has 0 spiro atoms. The summed E-state index contributed by atoms with van der Waals surface area (Å²) in [5, 5.41) is 10.3. The predicted molar refractivity (Wildman–Crippen MR) is 74.1 cm³/mol. The van der Waals surface area contributed by atoms with Crippen molar-refractivity contribution in [3.8, 4) is 0 Å². The quantitative estimate of drug-likeness (QED) is 0.877. The fourth-order valence-corrected chi connectivity index (χ4v) is 2.34. The number of aliphatic hydroxyl groups excluding tert-OH is 1. The topological polar surface area (TPSA) is 20.2 Å². The van der Waals surface area contributed by atoms with Crippen LogP contribution < -0.4 is 0 Å². The third kappa shape index (κ3) is 2.47. The van der Waals surface area contributed by atoms with Gasteiger partial charge >= 0.3 is 0 Å². The molecule has 0 aromatic heterocycles. The first-order valence-corrected chi connectivity index (χ1v) is 6.49. The van der Waals surface area contributed by atoms with Crippen molar-refractivity contribution in [3.63, 3.8) is 0 Å². The minimum atomic E-state index is -0.942. The van der Waals surface area contributed by atoms with Crippen molar-refractivity contribution in [2.75, 3.05) is 0 Å². The molecule has 94 valence electrons. The van der Waals surface area contributed by atoms with Gasteiger partial charge in [0.2, 0.25) is 0 Å². The lowest BCUT2D eigenvalue weighted by atomic mass is 9.96. The van der Waals surface area contributed by atoms with E-state index < -0.39 is 6.10 Å². The Balaban J connectivity index is 2.51. The largest absolute Gasteiger partial charge is 0.384 e. The van der Waals surface area contributed by atoms with E-state index in [0.29, 0.717) is 11.1 Å². The second kappa shape index (κ2) is 5.21. The minimum Gasteiger partial charge on any atom is -0.384 e. The van der Waals surface area contributed by atoms with Crippen LogP contribution in [0.3, 0.4) is 0 Å². The molecule has 0 bridgehead atoms. The highest BCUT2D eigenvalue weighted by Gasteiger charge is 2.17.